The van der Waals surface area contributed by atoms with E-state index in [0.717, 1.165) is 19.3 Å². The van der Waals surface area contributed by atoms with Crippen molar-refractivity contribution < 1.29 is 28.8 Å². The summed E-state index contributed by atoms with van der Waals surface area (Å²) in [7, 11) is 0. The molecule has 0 aromatic heterocycles. The Morgan fingerprint density at radius 3 is 2.14 bits per heavy atom. The number of carbonyl (C=O) groups excluding carboxylic acids is 6. The molecule has 44 heavy (non-hydrogen) atoms. The number of hydrogen-bond acceptors (Lipinski definition) is 6. The number of ketones is 2. The number of rotatable bonds is 13. The van der Waals surface area contributed by atoms with Gasteiger partial charge in [0.2, 0.25) is 17.6 Å². The molecule has 0 aromatic rings. The van der Waals surface area contributed by atoms with E-state index in [1.165, 1.54) is 11.0 Å². The van der Waals surface area contributed by atoms with E-state index in [1.54, 1.807) is 0 Å². The van der Waals surface area contributed by atoms with Gasteiger partial charge in [0.15, 0.2) is 0 Å². The van der Waals surface area contributed by atoms with Crippen LogP contribution in [0.15, 0.2) is 12.7 Å². The summed E-state index contributed by atoms with van der Waals surface area (Å²) in [6.45, 7) is 17.0. The van der Waals surface area contributed by atoms with E-state index in [9.17, 15) is 28.8 Å². The second kappa shape index (κ2) is 15.7. The molecule has 11 heteroatoms. The molecule has 2 rings (SSSR count). The Labute approximate surface area is 263 Å². The second-order valence-corrected chi connectivity index (χ2v) is 14.5. The molecule has 0 aromatic carbocycles. The van der Waals surface area contributed by atoms with Gasteiger partial charge in [0, 0.05) is 30.5 Å². The van der Waals surface area contributed by atoms with Gasteiger partial charge in [-0.05, 0) is 37.5 Å². The standard InChI is InChI=1S/C33H55N5O6/c1-9-15-22(25(40)28(42)34-19-10-2)35-27(41)23-16-14-20-38(23)29(43)26(32(6,7)8)36-30(44)37-33(17-12-11-13-18-33)21-24(39)31(3,4)5/h10,22-23,26H,2,9,11-21H2,1,3-8H3,(H,34,42)(H,35,41)(H2,36,37,44). The smallest absolute Gasteiger partial charge is 0.315 e. The first-order chi connectivity index (χ1) is 20.5. The quantitative estimate of drug-likeness (QED) is 0.183. The summed E-state index contributed by atoms with van der Waals surface area (Å²) in [5, 5.41) is 11.1. The summed E-state index contributed by atoms with van der Waals surface area (Å²) >= 11 is 0. The van der Waals surface area contributed by atoms with Crippen molar-refractivity contribution in [2.45, 2.75) is 136 Å². The monoisotopic (exact) mass is 617 g/mol. The van der Waals surface area contributed by atoms with Gasteiger partial charge >= 0.3 is 6.03 Å². The first-order valence-electron chi connectivity index (χ1n) is 16.1. The molecule has 0 spiro atoms. The van der Waals surface area contributed by atoms with Gasteiger partial charge in [0.05, 0.1) is 6.04 Å². The van der Waals surface area contributed by atoms with Crippen molar-refractivity contribution in [2.75, 3.05) is 13.1 Å². The molecule has 2 aliphatic rings. The van der Waals surface area contributed by atoms with E-state index in [1.807, 2.05) is 48.5 Å². The lowest BCUT2D eigenvalue weighted by Gasteiger charge is -2.41. The van der Waals surface area contributed by atoms with Crippen LogP contribution in [0.4, 0.5) is 4.79 Å². The van der Waals surface area contributed by atoms with Crippen LogP contribution in [-0.2, 0) is 24.0 Å². The van der Waals surface area contributed by atoms with Crippen molar-refractivity contribution in [1.29, 1.82) is 0 Å². The molecule has 5 amide bonds. The van der Waals surface area contributed by atoms with Crippen molar-refractivity contribution >= 4 is 35.3 Å². The first kappa shape index (κ1) is 36.9. The number of carbonyl (C=O) groups is 6. The Hall–Kier alpha value is -3.24. The maximum Gasteiger partial charge on any atom is 0.315 e. The van der Waals surface area contributed by atoms with Crippen LogP contribution in [0.3, 0.4) is 0 Å². The zero-order valence-electron chi connectivity index (χ0n) is 27.9. The average Bonchev–Trinajstić information content (AvgIpc) is 3.43. The van der Waals surface area contributed by atoms with Gasteiger partial charge < -0.3 is 26.2 Å². The fourth-order valence-corrected chi connectivity index (χ4v) is 5.91. The molecule has 1 saturated carbocycles. The highest BCUT2D eigenvalue weighted by atomic mass is 16.2. The van der Waals surface area contributed by atoms with Gasteiger partial charge in [-0.15, -0.1) is 6.58 Å². The second-order valence-electron chi connectivity index (χ2n) is 14.5. The van der Waals surface area contributed by atoms with E-state index in [-0.39, 0.29) is 25.2 Å². The summed E-state index contributed by atoms with van der Waals surface area (Å²) in [6.07, 6.45) is 7.73. The maximum atomic E-state index is 14.0. The topological polar surface area (TPSA) is 154 Å². The van der Waals surface area contributed by atoms with Crippen molar-refractivity contribution in [2.24, 2.45) is 10.8 Å². The highest BCUT2D eigenvalue weighted by Crippen LogP contribution is 2.34. The normalized spacial score (nSPS) is 19.7. The summed E-state index contributed by atoms with van der Waals surface area (Å²) in [5.74, 6) is -2.36. The third-order valence-electron chi connectivity index (χ3n) is 8.59. The van der Waals surface area contributed by atoms with Crippen LogP contribution >= 0.6 is 0 Å². The highest BCUT2D eigenvalue weighted by molar-refractivity contribution is 6.38. The highest BCUT2D eigenvalue weighted by Gasteiger charge is 2.44. The molecule has 1 heterocycles. The number of nitrogens with zero attached hydrogens (tertiary/aromatic N) is 1. The lowest BCUT2D eigenvalue weighted by atomic mass is 9.74. The summed E-state index contributed by atoms with van der Waals surface area (Å²) in [6, 6.07) is -3.32. The van der Waals surface area contributed by atoms with Crippen LogP contribution in [0.25, 0.3) is 0 Å². The third-order valence-corrected chi connectivity index (χ3v) is 8.59. The maximum absolute atomic E-state index is 14.0. The van der Waals surface area contributed by atoms with Gasteiger partial charge in [-0.2, -0.15) is 0 Å². The molecule has 0 bridgehead atoms. The minimum Gasteiger partial charge on any atom is -0.346 e. The predicted octanol–water partition coefficient (Wildman–Crippen LogP) is 3.56. The largest absolute Gasteiger partial charge is 0.346 e. The van der Waals surface area contributed by atoms with Crippen LogP contribution in [-0.4, -0.2) is 77.0 Å². The number of Topliss-reactive ketones (excluding diaryl/α,β-unsaturated/α-hetero) is 2. The molecule has 0 radical (unpaired) electrons. The first-order valence-corrected chi connectivity index (χ1v) is 16.1. The molecular weight excluding hydrogens is 562 g/mol. The molecule has 3 atom stereocenters. The van der Waals surface area contributed by atoms with E-state index < -0.39 is 64.0 Å². The molecule has 4 N–H and O–H groups in total. The Morgan fingerprint density at radius 2 is 1.59 bits per heavy atom. The fraction of sp³-hybridized carbons (Fsp3) is 0.758. The number of hydrogen-bond donors (Lipinski definition) is 4. The van der Waals surface area contributed by atoms with E-state index in [2.05, 4.69) is 27.8 Å². The molecular formula is C33H55N5O6. The Morgan fingerprint density at radius 1 is 0.955 bits per heavy atom. The molecule has 3 unspecified atom stereocenters. The molecule has 1 aliphatic heterocycles. The minimum absolute atomic E-state index is 0.0760. The predicted molar refractivity (Wildman–Crippen MR) is 170 cm³/mol. The summed E-state index contributed by atoms with van der Waals surface area (Å²) in [4.78, 5) is 80.5. The zero-order valence-corrected chi connectivity index (χ0v) is 27.9. The molecule has 2 fully saturated rings. The van der Waals surface area contributed by atoms with E-state index in [4.69, 9.17) is 0 Å². The lowest BCUT2D eigenvalue weighted by Crippen LogP contribution is -2.62. The Kier molecular flexibility index (Phi) is 13.2. The molecule has 11 nitrogen and oxygen atoms in total. The van der Waals surface area contributed by atoms with E-state index >= 15 is 0 Å². The van der Waals surface area contributed by atoms with Crippen LogP contribution in [0.5, 0.6) is 0 Å². The van der Waals surface area contributed by atoms with E-state index in [0.29, 0.717) is 38.6 Å². The van der Waals surface area contributed by atoms with Crippen molar-refractivity contribution in [3.05, 3.63) is 12.7 Å². The van der Waals surface area contributed by atoms with Crippen molar-refractivity contribution in [1.82, 2.24) is 26.2 Å². The lowest BCUT2D eigenvalue weighted by molar-refractivity contribution is -0.143. The van der Waals surface area contributed by atoms with Crippen LogP contribution < -0.4 is 21.3 Å². The van der Waals surface area contributed by atoms with Gasteiger partial charge in [0.1, 0.15) is 17.9 Å². The van der Waals surface area contributed by atoms with Crippen LogP contribution in [0.2, 0.25) is 0 Å². The van der Waals surface area contributed by atoms with Gasteiger partial charge in [0.25, 0.3) is 5.91 Å². The SMILES string of the molecule is C=CCNC(=O)C(=O)C(CCC)NC(=O)C1CCCN1C(=O)C(NC(=O)NC1(CC(=O)C(C)(C)C)CCCCC1)C(C)(C)C. The fourth-order valence-electron chi connectivity index (χ4n) is 5.91. The van der Waals surface area contributed by atoms with Gasteiger partial charge in [-0.1, -0.05) is 80.2 Å². The van der Waals surface area contributed by atoms with Crippen LogP contribution in [0, 0.1) is 10.8 Å². The minimum atomic E-state index is -1.01. The Balaban J connectivity index is 2.21. The van der Waals surface area contributed by atoms with Crippen LogP contribution in [0.1, 0.15) is 113 Å². The number of nitrogens with one attached hydrogen (secondary N) is 4. The third kappa shape index (κ3) is 10.2. The zero-order chi connectivity index (χ0) is 33.3. The average molecular weight is 618 g/mol. The Bertz CT molecular complexity index is 1080. The summed E-state index contributed by atoms with van der Waals surface area (Å²) in [5.41, 5.74) is -1.90. The molecule has 1 saturated heterocycles. The van der Waals surface area contributed by atoms with Crippen molar-refractivity contribution in [3.63, 3.8) is 0 Å². The van der Waals surface area contributed by atoms with Crippen molar-refractivity contribution in [3.8, 4) is 0 Å². The summed E-state index contributed by atoms with van der Waals surface area (Å²) < 4.78 is 0. The molecule has 1 aliphatic carbocycles. The van der Waals surface area contributed by atoms with Gasteiger partial charge in [-0.3, -0.25) is 24.0 Å². The number of likely N-dealkylation sites (tertiary alicyclic amines) is 1. The van der Waals surface area contributed by atoms with Gasteiger partial charge in [-0.25, -0.2) is 4.79 Å². The number of urea groups is 1. The molecule has 248 valence electrons. The number of amides is 5.